The molecule has 0 radical (unpaired) electrons. The Labute approximate surface area is 211 Å². The number of anilines is 1. The highest BCUT2D eigenvalue weighted by Gasteiger charge is 2.51. The van der Waals surface area contributed by atoms with Crippen LogP contribution < -0.4 is 4.90 Å². The second kappa shape index (κ2) is 10.1. The fourth-order valence-corrected chi connectivity index (χ4v) is 4.49. The lowest BCUT2D eigenvalue weighted by atomic mass is 9.64. The summed E-state index contributed by atoms with van der Waals surface area (Å²) in [6.45, 7) is -0.109. The number of aromatic nitrogens is 4. The Morgan fingerprint density at radius 2 is 1.89 bits per heavy atom. The highest BCUT2D eigenvalue weighted by molar-refractivity contribution is 5.85. The second-order valence-electron chi connectivity index (χ2n) is 8.91. The van der Waals surface area contributed by atoms with Crippen LogP contribution in [-0.4, -0.2) is 38.3 Å². The van der Waals surface area contributed by atoms with Crippen LogP contribution in [-0.2, 0) is 16.8 Å². The van der Waals surface area contributed by atoms with Gasteiger partial charge >= 0.3 is 6.09 Å². The second-order valence-corrected chi connectivity index (χ2v) is 8.91. The molecule has 0 unspecified atom stereocenters. The van der Waals surface area contributed by atoms with Gasteiger partial charge in [-0.25, -0.2) is 28.4 Å². The van der Waals surface area contributed by atoms with Crippen LogP contribution in [0.3, 0.4) is 0 Å². The Balaban J connectivity index is 1.45. The number of hydrogen-bond donors (Lipinski definition) is 0. The molecule has 0 bridgehead atoms. The molecule has 186 valence electrons. The van der Waals surface area contributed by atoms with E-state index in [1.165, 1.54) is 35.6 Å². The normalized spacial score (nSPS) is 18.5. The number of nitrogens with zero attached hydrogens (tertiary/aromatic N) is 6. The van der Waals surface area contributed by atoms with Crippen molar-refractivity contribution in [3.05, 3.63) is 102 Å². The Morgan fingerprint density at radius 1 is 1.14 bits per heavy atom. The van der Waals surface area contributed by atoms with Crippen LogP contribution in [0, 0.1) is 17.1 Å². The van der Waals surface area contributed by atoms with Gasteiger partial charge in [-0.1, -0.05) is 30.3 Å². The summed E-state index contributed by atoms with van der Waals surface area (Å²) in [6.07, 6.45) is 5.86. The first-order valence-electron chi connectivity index (χ1n) is 11.6. The van der Waals surface area contributed by atoms with E-state index < -0.39 is 23.5 Å². The van der Waals surface area contributed by atoms with E-state index in [0.717, 1.165) is 5.56 Å². The molecule has 0 spiro atoms. The lowest BCUT2D eigenvalue weighted by Gasteiger charge is -2.45. The number of rotatable bonds is 7. The Morgan fingerprint density at radius 3 is 2.54 bits per heavy atom. The summed E-state index contributed by atoms with van der Waals surface area (Å²) in [5.74, 6) is -0.545. The van der Waals surface area contributed by atoms with E-state index in [2.05, 4.69) is 21.0 Å². The number of amides is 1. The van der Waals surface area contributed by atoms with Crippen molar-refractivity contribution < 1.29 is 18.3 Å². The average molecular weight is 501 g/mol. The highest BCUT2D eigenvalue weighted by Crippen LogP contribution is 2.46. The molecule has 1 aliphatic rings. The number of benzene rings is 1. The van der Waals surface area contributed by atoms with Gasteiger partial charge in [0.05, 0.1) is 29.3 Å². The predicted molar refractivity (Wildman–Crippen MR) is 130 cm³/mol. The molecule has 4 aromatic rings. The summed E-state index contributed by atoms with van der Waals surface area (Å²) in [5, 5.41) is 9.07. The number of carbonyl (C=O) groups excluding carboxylic acids is 1. The van der Waals surface area contributed by atoms with Crippen LogP contribution in [0.2, 0.25) is 0 Å². The zero-order valence-electron chi connectivity index (χ0n) is 19.7. The molecule has 3 heterocycles. The summed E-state index contributed by atoms with van der Waals surface area (Å²) in [6, 6.07) is 15.6. The van der Waals surface area contributed by atoms with E-state index in [4.69, 9.17) is 10.00 Å². The van der Waals surface area contributed by atoms with Crippen molar-refractivity contribution in [2.75, 3.05) is 11.4 Å². The molecule has 1 saturated carbocycles. The molecular weight excluding hydrogens is 478 g/mol. The van der Waals surface area contributed by atoms with Gasteiger partial charge in [0, 0.05) is 30.6 Å². The number of ether oxygens (including phenoxy) is 1. The summed E-state index contributed by atoms with van der Waals surface area (Å²) in [5.41, 5.74) is 0.866. The van der Waals surface area contributed by atoms with Gasteiger partial charge in [0.15, 0.2) is 0 Å². The molecule has 37 heavy (non-hydrogen) atoms. The lowest BCUT2D eigenvalue weighted by molar-refractivity contribution is 0.0866. The van der Waals surface area contributed by atoms with Crippen LogP contribution in [0.5, 0.6) is 0 Å². The molecule has 3 aromatic heterocycles. The fourth-order valence-electron chi connectivity index (χ4n) is 4.49. The Kier molecular flexibility index (Phi) is 6.60. The third kappa shape index (κ3) is 5.02. The van der Waals surface area contributed by atoms with E-state index in [9.17, 15) is 13.6 Å². The topological polar surface area (TPSA) is 96.9 Å². The molecule has 5 rings (SSSR count). The first kappa shape index (κ1) is 24.1. The lowest BCUT2D eigenvalue weighted by Crippen LogP contribution is -2.53. The smallest absolute Gasteiger partial charge is 0.417 e. The highest BCUT2D eigenvalue weighted by atomic mass is 19.1. The van der Waals surface area contributed by atoms with Gasteiger partial charge in [-0.05, 0) is 36.6 Å². The van der Waals surface area contributed by atoms with Crippen molar-refractivity contribution >= 4 is 12.0 Å². The van der Waals surface area contributed by atoms with Gasteiger partial charge in [0.1, 0.15) is 24.7 Å². The van der Waals surface area contributed by atoms with E-state index in [1.807, 2.05) is 30.3 Å². The Bertz CT molecular complexity index is 1430. The maximum absolute atomic E-state index is 14.8. The molecule has 0 saturated heterocycles. The number of pyridine rings is 1. The maximum atomic E-state index is 14.8. The first-order valence-corrected chi connectivity index (χ1v) is 11.6. The van der Waals surface area contributed by atoms with Crippen LogP contribution >= 0.6 is 0 Å². The van der Waals surface area contributed by atoms with E-state index in [-0.39, 0.29) is 37.6 Å². The summed E-state index contributed by atoms with van der Waals surface area (Å²) in [7, 11) is 0. The third-order valence-electron chi connectivity index (χ3n) is 6.36. The summed E-state index contributed by atoms with van der Waals surface area (Å²) in [4.78, 5) is 27.4. The fraction of sp³-hybridized carbons (Fsp3) is 0.222. The minimum Gasteiger partial charge on any atom is -0.444 e. The third-order valence-corrected chi connectivity index (χ3v) is 6.36. The first-order chi connectivity index (χ1) is 18.0. The predicted octanol–water partition coefficient (Wildman–Crippen LogP) is 4.89. The Hall–Kier alpha value is -4.65. The van der Waals surface area contributed by atoms with Gasteiger partial charge in [-0.2, -0.15) is 5.26 Å². The molecule has 0 aliphatic heterocycles. The number of halogens is 2. The minimum atomic E-state index is -1.14. The number of hydrogen-bond acceptors (Lipinski definition) is 6. The van der Waals surface area contributed by atoms with Gasteiger partial charge < -0.3 is 9.30 Å². The van der Waals surface area contributed by atoms with Crippen molar-refractivity contribution in [3.8, 4) is 11.8 Å². The molecule has 1 fully saturated rings. The van der Waals surface area contributed by atoms with Crippen molar-refractivity contribution in [2.45, 2.75) is 31.0 Å². The molecule has 1 aliphatic carbocycles. The molecule has 10 heteroatoms. The summed E-state index contributed by atoms with van der Waals surface area (Å²) < 4.78 is 36.1. The van der Waals surface area contributed by atoms with Crippen molar-refractivity contribution in [1.82, 2.24) is 19.5 Å². The van der Waals surface area contributed by atoms with Crippen LogP contribution in [0.25, 0.3) is 5.69 Å². The zero-order chi connectivity index (χ0) is 25.8. The standard InChI is InChI=1S/C27H22F2N6O2/c28-21-11-27(12-21,24-23(29)7-4-9-31-24)18-35(26(36)37-17-19-5-2-1-3-6-19)25-32-14-22(15-33-25)34-10-8-20(13-30)16-34/h1-10,14-16,21H,11-12,17-18H2. The maximum Gasteiger partial charge on any atom is 0.417 e. The SMILES string of the molecule is N#Cc1ccn(-c2cnc(N(CC3(c4ncccc4F)CC(F)C3)C(=O)OCc3ccccc3)nc2)c1. The van der Waals surface area contributed by atoms with E-state index in [1.54, 1.807) is 23.0 Å². The molecule has 1 aromatic carbocycles. The van der Waals surface area contributed by atoms with E-state index in [0.29, 0.717) is 11.3 Å². The molecular formula is C27H22F2N6O2. The van der Waals surface area contributed by atoms with Gasteiger partial charge in [0.2, 0.25) is 5.95 Å². The number of alkyl halides is 1. The molecule has 0 N–H and O–H groups in total. The van der Waals surface area contributed by atoms with Crippen LogP contribution in [0.1, 0.15) is 29.7 Å². The molecule has 0 atom stereocenters. The zero-order valence-corrected chi connectivity index (χ0v) is 19.7. The van der Waals surface area contributed by atoms with Crippen LogP contribution in [0.15, 0.2) is 79.5 Å². The van der Waals surface area contributed by atoms with E-state index >= 15 is 0 Å². The largest absolute Gasteiger partial charge is 0.444 e. The average Bonchev–Trinajstić information content (AvgIpc) is 3.40. The van der Waals surface area contributed by atoms with Gasteiger partial charge in [0.25, 0.3) is 0 Å². The summed E-state index contributed by atoms with van der Waals surface area (Å²) >= 11 is 0. The van der Waals surface area contributed by atoms with Crippen molar-refractivity contribution in [3.63, 3.8) is 0 Å². The van der Waals surface area contributed by atoms with Gasteiger partial charge in [-0.15, -0.1) is 0 Å². The van der Waals surface area contributed by atoms with Crippen LogP contribution in [0.4, 0.5) is 19.5 Å². The minimum absolute atomic E-state index is 0.00177. The van der Waals surface area contributed by atoms with Crippen molar-refractivity contribution in [1.29, 1.82) is 5.26 Å². The van der Waals surface area contributed by atoms with Gasteiger partial charge in [-0.3, -0.25) is 4.98 Å². The molecule has 8 nitrogen and oxygen atoms in total. The molecule has 1 amide bonds. The monoisotopic (exact) mass is 500 g/mol. The van der Waals surface area contributed by atoms with Crippen molar-refractivity contribution in [2.24, 2.45) is 0 Å². The number of carbonyl (C=O) groups is 1. The number of nitriles is 1. The quantitative estimate of drug-likeness (QED) is 0.359.